The predicted octanol–water partition coefficient (Wildman–Crippen LogP) is 1.71. The van der Waals surface area contributed by atoms with Crippen molar-refractivity contribution in [1.29, 1.82) is 0 Å². The predicted molar refractivity (Wildman–Crippen MR) is 90.6 cm³/mol. The number of aromatic nitrogens is 4. The van der Waals surface area contributed by atoms with Gasteiger partial charge in [0.05, 0.1) is 30.9 Å². The molecule has 8 heteroatoms. The van der Waals surface area contributed by atoms with E-state index in [-0.39, 0.29) is 12.5 Å². The van der Waals surface area contributed by atoms with Crippen LogP contribution in [0.2, 0.25) is 0 Å². The number of hydrogen-bond donors (Lipinski definition) is 2. The molecule has 0 aliphatic carbocycles. The summed E-state index contributed by atoms with van der Waals surface area (Å²) in [6.07, 6.45) is 3.24. The fourth-order valence-electron chi connectivity index (χ4n) is 2.49. The van der Waals surface area contributed by atoms with Crippen molar-refractivity contribution < 1.29 is 9.90 Å². The number of imidazole rings is 1. The third-order valence-electron chi connectivity index (χ3n) is 3.79. The lowest BCUT2D eigenvalue weighted by atomic mass is 10.0. The van der Waals surface area contributed by atoms with Gasteiger partial charge in [0.15, 0.2) is 0 Å². The summed E-state index contributed by atoms with van der Waals surface area (Å²) in [7, 11) is 1.81. The van der Waals surface area contributed by atoms with Gasteiger partial charge in [0.25, 0.3) is 5.91 Å². The summed E-state index contributed by atoms with van der Waals surface area (Å²) in [5.74, 6) is -0.316. The van der Waals surface area contributed by atoms with E-state index in [9.17, 15) is 9.90 Å². The summed E-state index contributed by atoms with van der Waals surface area (Å²) >= 11 is 1.04. The van der Waals surface area contributed by atoms with Gasteiger partial charge in [-0.15, -0.1) is 5.10 Å². The van der Waals surface area contributed by atoms with E-state index in [0.717, 1.165) is 28.4 Å². The molecule has 0 radical (unpaired) electrons. The highest BCUT2D eigenvalue weighted by molar-refractivity contribution is 7.08. The fraction of sp³-hybridized carbons (Fsp3) is 0.250. The van der Waals surface area contributed by atoms with E-state index in [1.807, 2.05) is 38.2 Å². The van der Waals surface area contributed by atoms with Gasteiger partial charge in [-0.3, -0.25) is 4.79 Å². The molecule has 2 N–H and O–H groups in total. The first kappa shape index (κ1) is 16.3. The second-order valence-electron chi connectivity index (χ2n) is 5.40. The normalized spacial score (nSPS) is 12.1. The highest BCUT2D eigenvalue weighted by Gasteiger charge is 2.23. The number of carbonyl (C=O) groups is 1. The molecule has 0 fully saturated rings. The number of hydrogen-bond acceptors (Lipinski definition) is 6. The van der Waals surface area contributed by atoms with Crippen molar-refractivity contribution >= 4 is 17.4 Å². The van der Waals surface area contributed by atoms with Gasteiger partial charge in [-0.1, -0.05) is 28.8 Å². The molecule has 0 saturated carbocycles. The molecule has 7 nitrogen and oxygen atoms in total. The van der Waals surface area contributed by atoms with Crippen LogP contribution in [-0.2, 0) is 7.05 Å². The van der Waals surface area contributed by atoms with E-state index in [2.05, 4.69) is 19.9 Å². The number of aryl methyl sites for hydroxylation is 2. The maximum atomic E-state index is 12.7. The average molecular weight is 343 g/mol. The number of amides is 1. The SMILES string of the molecule is Cc1ccccc1-c1nnsc1C(=O)NC(CO)c1cncn1C. The van der Waals surface area contributed by atoms with Crippen molar-refractivity contribution in [2.24, 2.45) is 7.05 Å². The Hall–Kier alpha value is -2.58. The van der Waals surface area contributed by atoms with Crippen molar-refractivity contribution in [1.82, 2.24) is 24.5 Å². The minimum atomic E-state index is -0.545. The van der Waals surface area contributed by atoms with Crippen molar-refractivity contribution in [3.63, 3.8) is 0 Å². The summed E-state index contributed by atoms with van der Waals surface area (Å²) < 4.78 is 5.68. The van der Waals surface area contributed by atoms with Crippen LogP contribution in [0.5, 0.6) is 0 Å². The summed E-state index contributed by atoms with van der Waals surface area (Å²) in [6, 6.07) is 7.16. The zero-order valence-corrected chi connectivity index (χ0v) is 14.1. The molecule has 0 saturated heterocycles. The van der Waals surface area contributed by atoms with Gasteiger partial charge in [-0.2, -0.15) is 0 Å². The van der Waals surface area contributed by atoms with Gasteiger partial charge in [0, 0.05) is 12.6 Å². The molecule has 2 aromatic heterocycles. The highest BCUT2D eigenvalue weighted by Crippen LogP contribution is 2.27. The van der Waals surface area contributed by atoms with E-state index < -0.39 is 6.04 Å². The number of aliphatic hydroxyl groups is 1. The molecule has 124 valence electrons. The Kier molecular flexibility index (Phi) is 4.68. The Morgan fingerprint density at radius 1 is 1.42 bits per heavy atom. The third kappa shape index (κ3) is 3.06. The lowest BCUT2D eigenvalue weighted by Crippen LogP contribution is -2.31. The van der Waals surface area contributed by atoms with E-state index in [1.54, 1.807) is 17.1 Å². The summed E-state index contributed by atoms with van der Waals surface area (Å²) in [4.78, 5) is 17.1. The highest BCUT2D eigenvalue weighted by atomic mass is 32.1. The molecule has 3 aromatic rings. The largest absolute Gasteiger partial charge is 0.394 e. The van der Waals surface area contributed by atoms with E-state index in [0.29, 0.717) is 10.6 Å². The smallest absolute Gasteiger partial charge is 0.265 e. The third-order valence-corrected chi connectivity index (χ3v) is 4.52. The average Bonchev–Trinajstić information content (AvgIpc) is 3.22. The molecule has 3 rings (SSSR count). The van der Waals surface area contributed by atoms with Gasteiger partial charge in [-0.05, 0) is 24.0 Å². The molecular weight excluding hydrogens is 326 g/mol. The van der Waals surface area contributed by atoms with Crippen LogP contribution in [0.1, 0.15) is 27.0 Å². The Morgan fingerprint density at radius 2 is 2.21 bits per heavy atom. The first-order valence-electron chi connectivity index (χ1n) is 7.38. The van der Waals surface area contributed by atoms with Gasteiger partial charge in [0.1, 0.15) is 10.6 Å². The van der Waals surface area contributed by atoms with E-state index in [1.165, 1.54) is 0 Å². The van der Waals surface area contributed by atoms with Gasteiger partial charge in [0.2, 0.25) is 0 Å². The van der Waals surface area contributed by atoms with Crippen LogP contribution in [0.3, 0.4) is 0 Å². The lowest BCUT2D eigenvalue weighted by molar-refractivity contribution is 0.0918. The van der Waals surface area contributed by atoms with Crippen molar-refractivity contribution in [3.8, 4) is 11.3 Å². The molecule has 2 heterocycles. The second kappa shape index (κ2) is 6.90. The maximum absolute atomic E-state index is 12.7. The number of aliphatic hydroxyl groups excluding tert-OH is 1. The van der Waals surface area contributed by atoms with Gasteiger partial charge >= 0.3 is 0 Å². The molecule has 1 aromatic carbocycles. The molecule has 0 spiro atoms. The molecular formula is C16H17N5O2S. The van der Waals surface area contributed by atoms with Crippen LogP contribution in [0, 0.1) is 6.92 Å². The number of rotatable bonds is 5. The lowest BCUT2D eigenvalue weighted by Gasteiger charge is -2.16. The minimum Gasteiger partial charge on any atom is -0.394 e. The number of nitrogens with one attached hydrogen (secondary N) is 1. The number of benzene rings is 1. The minimum absolute atomic E-state index is 0.225. The Bertz CT molecular complexity index is 858. The summed E-state index contributed by atoms with van der Waals surface area (Å²) in [5, 5.41) is 16.5. The first-order valence-corrected chi connectivity index (χ1v) is 8.15. The van der Waals surface area contributed by atoms with Crippen LogP contribution >= 0.6 is 11.5 Å². The molecule has 1 atom stereocenters. The topological polar surface area (TPSA) is 92.9 Å². The molecule has 1 amide bonds. The molecule has 1 unspecified atom stereocenters. The monoisotopic (exact) mass is 343 g/mol. The van der Waals surface area contributed by atoms with E-state index >= 15 is 0 Å². The fourth-order valence-corrected chi connectivity index (χ4v) is 3.08. The summed E-state index contributed by atoms with van der Waals surface area (Å²) in [5.41, 5.74) is 3.17. The first-order chi connectivity index (χ1) is 11.6. The Balaban J connectivity index is 1.88. The molecule has 0 aliphatic heterocycles. The van der Waals surface area contributed by atoms with Crippen molar-refractivity contribution in [3.05, 3.63) is 52.9 Å². The van der Waals surface area contributed by atoms with Crippen LogP contribution in [-0.4, -0.2) is 36.8 Å². The van der Waals surface area contributed by atoms with Gasteiger partial charge < -0.3 is 15.0 Å². The molecule has 24 heavy (non-hydrogen) atoms. The van der Waals surface area contributed by atoms with Gasteiger partial charge in [-0.25, -0.2) is 4.98 Å². The number of carbonyl (C=O) groups excluding carboxylic acids is 1. The zero-order valence-electron chi connectivity index (χ0n) is 13.3. The Morgan fingerprint density at radius 3 is 2.88 bits per heavy atom. The van der Waals surface area contributed by atoms with Crippen LogP contribution < -0.4 is 5.32 Å². The maximum Gasteiger partial charge on any atom is 0.265 e. The van der Waals surface area contributed by atoms with Crippen LogP contribution in [0.15, 0.2) is 36.8 Å². The zero-order chi connectivity index (χ0) is 17.1. The van der Waals surface area contributed by atoms with Crippen LogP contribution in [0.4, 0.5) is 0 Å². The standard InChI is InChI=1S/C16H17N5O2S/c1-10-5-3-4-6-11(10)14-15(24-20-19-14)16(23)18-12(8-22)13-7-17-9-21(13)2/h3-7,9,12,22H,8H2,1-2H3,(H,18,23). The van der Waals surface area contributed by atoms with E-state index in [4.69, 9.17) is 0 Å². The van der Waals surface area contributed by atoms with Crippen molar-refractivity contribution in [2.75, 3.05) is 6.61 Å². The number of nitrogens with zero attached hydrogens (tertiary/aromatic N) is 4. The Labute approximate surface area is 143 Å². The molecule has 0 aliphatic rings. The second-order valence-corrected chi connectivity index (χ2v) is 6.16. The quantitative estimate of drug-likeness (QED) is 0.736. The van der Waals surface area contributed by atoms with Crippen molar-refractivity contribution in [2.45, 2.75) is 13.0 Å². The summed E-state index contributed by atoms with van der Waals surface area (Å²) in [6.45, 7) is 1.74. The van der Waals surface area contributed by atoms with Crippen LogP contribution in [0.25, 0.3) is 11.3 Å². The molecule has 0 bridgehead atoms.